The van der Waals surface area contributed by atoms with E-state index in [1.807, 2.05) is 0 Å². The van der Waals surface area contributed by atoms with Gasteiger partial charge in [0.1, 0.15) is 30.5 Å². The molecule has 2 aromatic carbocycles. The highest BCUT2D eigenvalue weighted by Gasteiger charge is 2.30. The zero-order valence-electron chi connectivity index (χ0n) is 11.9. The van der Waals surface area contributed by atoms with Gasteiger partial charge in [-0.25, -0.2) is 0 Å². The largest absolute Gasteiger partial charge is 0.497 e. The summed E-state index contributed by atoms with van der Waals surface area (Å²) in [5.74, 6) is 1.42. The first kappa shape index (κ1) is 16.0. The number of methoxy groups -OCH3 is 1. The van der Waals surface area contributed by atoms with Gasteiger partial charge in [0.25, 0.3) is 0 Å². The van der Waals surface area contributed by atoms with Crippen LogP contribution < -0.4 is 14.2 Å². The van der Waals surface area contributed by atoms with Crippen molar-refractivity contribution in [3.63, 3.8) is 0 Å². The van der Waals surface area contributed by atoms with Gasteiger partial charge in [0.05, 0.1) is 12.7 Å². The van der Waals surface area contributed by atoms with Crippen LogP contribution in [-0.4, -0.2) is 20.3 Å². The topological polar surface area (TPSA) is 27.7 Å². The number of benzene rings is 2. The van der Waals surface area contributed by atoms with Gasteiger partial charge in [-0.1, -0.05) is 12.1 Å². The lowest BCUT2D eigenvalue weighted by Gasteiger charge is -2.11. The number of hydrogen-bond acceptors (Lipinski definition) is 3. The first-order valence-corrected chi connectivity index (χ1v) is 6.56. The number of rotatable bonds is 6. The van der Waals surface area contributed by atoms with Gasteiger partial charge < -0.3 is 14.2 Å². The molecule has 0 saturated heterocycles. The SMILES string of the molecule is COc1cccc(OCCOc2cccc(C(F)(F)F)c2)c1. The molecule has 0 aliphatic carbocycles. The van der Waals surface area contributed by atoms with Crippen molar-refractivity contribution in [1.82, 2.24) is 0 Å². The van der Waals surface area contributed by atoms with Crippen molar-refractivity contribution >= 4 is 0 Å². The Kier molecular flexibility index (Phi) is 5.14. The Bertz CT molecular complexity index is 612. The molecule has 0 heterocycles. The molecule has 0 radical (unpaired) electrons. The van der Waals surface area contributed by atoms with Crippen LogP contribution in [-0.2, 0) is 6.18 Å². The summed E-state index contributed by atoms with van der Waals surface area (Å²) in [6.45, 7) is 0.349. The average Bonchev–Trinajstić information content (AvgIpc) is 2.51. The fourth-order valence-corrected chi connectivity index (χ4v) is 1.77. The van der Waals surface area contributed by atoms with Crippen LogP contribution in [0.4, 0.5) is 13.2 Å². The lowest BCUT2D eigenvalue weighted by atomic mass is 10.2. The summed E-state index contributed by atoms with van der Waals surface area (Å²) >= 11 is 0. The van der Waals surface area contributed by atoms with E-state index in [4.69, 9.17) is 14.2 Å². The molecule has 118 valence electrons. The van der Waals surface area contributed by atoms with Crippen LogP contribution in [0.1, 0.15) is 5.56 Å². The van der Waals surface area contributed by atoms with Gasteiger partial charge >= 0.3 is 6.18 Å². The molecule has 22 heavy (non-hydrogen) atoms. The summed E-state index contributed by atoms with van der Waals surface area (Å²) in [5, 5.41) is 0. The Labute approximate surface area is 126 Å². The van der Waals surface area contributed by atoms with E-state index in [0.717, 1.165) is 12.1 Å². The van der Waals surface area contributed by atoms with Crippen molar-refractivity contribution in [2.45, 2.75) is 6.18 Å². The minimum Gasteiger partial charge on any atom is -0.497 e. The molecule has 0 fully saturated rings. The Morgan fingerprint density at radius 1 is 0.818 bits per heavy atom. The van der Waals surface area contributed by atoms with Gasteiger partial charge in [0.15, 0.2) is 0 Å². The van der Waals surface area contributed by atoms with E-state index in [-0.39, 0.29) is 19.0 Å². The van der Waals surface area contributed by atoms with Crippen molar-refractivity contribution in [2.24, 2.45) is 0 Å². The van der Waals surface area contributed by atoms with Crippen molar-refractivity contribution in [3.8, 4) is 17.2 Å². The lowest BCUT2D eigenvalue weighted by molar-refractivity contribution is -0.137. The number of alkyl halides is 3. The molecule has 0 spiro atoms. The van der Waals surface area contributed by atoms with E-state index in [2.05, 4.69) is 0 Å². The summed E-state index contributed by atoms with van der Waals surface area (Å²) in [6, 6.07) is 11.8. The van der Waals surface area contributed by atoms with Crippen molar-refractivity contribution < 1.29 is 27.4 Å². The van der Waals surface area contributed by atoms with Gasteiger partial charge in [-0.3, -0.25) is 0 Å². The fraction of sp³-hybridized carbons (Fsp3) is 0.250. The van der Waals surface area contributed by atoms with Crippen LogP contribution in [0.5, 0.6) is 17.2 Å². The zero-order valence-corrected chi connectivity index (χ0v) is 11.9. The van der Waals surface area contributed by atoms with Crippen molar-refractivity contribution in [3.05, 3.63) is 54.1 Å². The molecule has 0 amide bonds. The predicted molar refractivity (Wildman–Crippen MR) is 75.4 cm³/mol. The fourth-order valence-electron chi connectivity index (χ4n) is 1.77. The molecule has 2 aromatic rings. The highest BCUT2D eigenvalue weighted by molar-refractivity contribution is 5.33. The normalized spacial score (nSPS) is 11.1. The van der Waals surface area contributed by atoms with E-state index in [1.54, 1.807) is 31.4 Å². The maximum Gasteiger partial charge on any atom is 0.416 e. The summed E-state index contributed by atoms with van der Waals surface area (Å²) in [5.41, 5.74) is -0.737. The van der Waals surface area contributed by atoms with E-state index in [0.29, 0.717) is 11.5 Å². The molecular weight excluding hydrogens is 297 g/mol. The molecule has 0 saturated carbocycles. The van der Waals surface area contributed by atoms with Crippen LogP contribution in [0.15, 0.2) is 48.5 Å². The van der Waals surface area contributed by atoms with Crippen LogP contribution >= 0.6 is 0 Å². The number of hydrogen-bond donors (Lipinski definition) is 0. The van der Waals surface area contributed by atoms with Crippen LogP contribution in [0, 0.1) is 0 Å². The number of ether oxygens (including phenoxy) is 3. The first-order chi connectivity index (χ1) is 10.5. The predicted octanol–water partition coefficient (Wildman–Crippen LogP) is 4.17. The van der Waals surface area contributed by atoms with Crippen LogP contribution in [0.25, 0.3) is 0 Å². The maximum atomic E-state index is 12.6. The summed E-state index contributed by atoms with van der Waals surface area (Å²) in [4.78, 5) is 0. The van der Waals surface area contributed by atoms with Gasteiger partial charge in [-0.2, -0.15) is 13.2 Å². The Balaban J connectivity index is 1.84. The smallest absolute Gasteiger partial charge is 0.416 e. The molecule has 0 aliphatic heterocycles. The van der Waals surface area contributed by atoms with Crippen LogP contribution in [0.3, 0.4) is 0 Å². The molecule has 0 N–H and O–H groups in total. The van der Waals surface area contributed by atoms with Crippen molar-refractivity contribution in [2.75, 3.05) is 20.3 Å². The van der Waals surface area contributed by atoms with E-state index < -0.39 is 11.7 Å². The quantitative estimate of drug-likeness (QED) is 0.749. The minimum atomic E-state index is -4.38. The molecule has 2 rings (SSSR count). The zero-order chi connectivity index (χ0) is 16.0. The molecule has 0 atom stereocenters. The summed E-state index contributed by atoms with van der Waals surface area (Å²) in [7, 11) is 1.55. The molecule has 3 nitrogen and oxygen atoms in total. The Hall–Kier alpha value is -2.37. The standard InChI is InChI=1S/C16H15F3O3/c1-20-13-5-3-7-15(11-13)22-9-8-21-14-6-2-4-12(10-14)16(17,18)19/h2-7,10-11H,8-9H2,1H3. The Morgan fingerprint density at radius 2 is 1.36 bits per heavy atom. The number of halogens is 3. The molecule has 6 heteroatoms. The molecule has 0 aliphatic rings. The third kappa shape index (κ3) is 4.58. The average molecular weight is 312 g/mol. The molecule has 0 unspecified atom stereocenters. The third-order valence-corrected chi connectivity index (χ3v) is 2.82. The van der Waals surface area contributed by atoms with Crippen molar-refractivity contribution in [1.29, 1.82) is 0 Å². The van der Waals surface area contributed by atoms with Gasteiger partial charge in [0.2, 0.25) is 0 Å². The minimum absolute atomic E-state index is 0.137. The van der Waals surface area contributed by atoms with E-state index in [9.17, 15) is 13.2 Å². The first-order valence-electron chi connectivity index (χ1n) is 6.56. The molecule has 0 bridgehead atoms. The second kappa shape index (κ2) is 7.06. The van der Waals surface area contributed by atoms with E-state index >= 15 is 0 Å². The van der Waals surface area contributed by atoms with Crippen LogP contribution in [0.2, 0.25) is 0 Å². The second-order valence-corrected chi connectivity index (χ2v) is 4.40. The highest BCUT2D eigenvalue weighted by Crippen LogP contribution is 2.31. The second-order valence-electron chi connectivity index (χ2n) is 4.40. The van der Waals surface area contributed by atoms with Gasteiger partial charge in [-0.05, 0) is 30.3 Å². The van der Waals surface area contributed by atoms with Gasteiger partial charge in [0, 0.05) is 6.07 Å². The lowest BCUT2D eigenvalue weighted by Crippen LogP contribution is -2.10. The monoisotopic (exact) mass is 312 g/mol. The van der Waals surface area contributed by atoms with E-state index in [1.165, 1.54) is 12.1 Å². The molecular formula is C16H15F3O3. The summed E-state index contributed by atoms with van der Waals surface area (Å²) in [6.07, 6.45) is -4.38. The Morgan fingerprint density at radius 3 is 1.95 bits per heavy atom. The summed E-state index contributed by atoms with van der Waals surface area (Å²) < 4.78 is 53.4. The maximum absolute atomic E-state index is 12.6. The highest BCUT2D eigenvalue weighted by atomic mass is 19.4. The molecule has 0 aromatic heterocycles. The van der Waals surface area contributed by atoms with Gasteiger partial charge in [-0.15, -0.1) is 0 Å². The third-order valence-electron chi connectivity index (χ3n) is 2.82.